The third-order valence-corrected chi connectivity index (χ3v) is 4.34. The number of hydrogen-bond donors (Lipinski definition) is 0. The summed E-state index contributed by atoms with van der Waals surface area (Å²) in [7, 11) is -0.744. The predicted octanol–water partition coefficient (Wildman–Crippen LogP) is 2.84. The summed E-state index contributed by atoms with van der Waals surface area (Å²) in [5, 5.41) is -0.594. The Morgan fingerprint density at radius 1 is 1.40 bits per heavy atom. The largest absolute Gasteiger partial charge is 0.337 e. The van der Waals surface area contributed by atoms with Crippen LogP contribution >= 0.6 is 19.2 Å². The molecule has 0 radical (unpaired) electrons. The van der Waals surface area contributed by atoms with Crippen LogP contribution in [0.3, 0.4) is 0 Å². The maximum atomic E-state index is 11.6. The quantitative estimate of drug-likeness (QED) is 0.495. The fourth-order valence-corrected chi connectivity index (χ4v) is 2.39. The third-order valence-electron chi connectivity index (χ3n) is 2.07. The number of alkyl halides is 1. The van der Waals surface area contributed by atoms with Gasteiger partial charge in [-0.05, 0) is 6.42 Å². The van der Waals surface area contributed by atoms with Crippen LogP contribution in [0.5, 0.6) is 0 Å². The average Bonchev–Trinajstić information content (AvgIpc) is 2.25. The maximum absolute atomic E-state index is 11.6. The van der Waals surface area contributed by atoms with E-state index in [1.165, 1.54) is 14.2 Å². The minimum Gasteiger partial charge on any atom is -0.312 e. The first-order valence-electron chi connectivity index (χ1n) is 4.86. The summed E-state index contributed by atoms with van der Waals surface area (Å²) in [5.41, 5.74) is 0. The number of rotatable bonds is 8. The van der Waals surface area contributed by atoms with E-state index in [0.29, 0.717) is 6.42 Å². The molecular weight excluding hydrogens is 239 g/mol. The molecule has 4 nitrogen and oxygen atoms in total. The Labute approximate surface area is 95.8 Å². The van der Waals surface area contributed by atoms with Crippen LogP contribution in [0.4, 0.5) is 0 Å². The van der Waals surface area contributed by atoms with Gasteiger partial charge in [-0.2, -0.15) is 0 Å². The molecule has 0 aliphatic rings. The second-order valence-corrected chi connectivity index (χ2v) is 6.01. The van der Waals surface area contributed by atoms with Gasteiger partial charge < -0.3 is 9.05 Å². The smallest absolute Gasteiger partial charge is 0.312 e. The van der Waals surface area contributed by atoms with Crippen LogP contribution in [0.15, 0.2) is 0 Å². The molecule has 0 aliphatic heterocycles. The molecule has 0 fully saturated rings. The minimum atomic E-state index is -3.26. The molecule has 0 aromatic carbocycles. The second-order valence-electron chi connectivity index (χ2n) is 3.21. The van der Waals surface area contributed by atoms with Crippen molar-refractivity contribution in [1.82, 2.24) is 0 Å². The first kappa shape index (κ1) is 15.1. The van der Waals surface area contributed by atoms with E-state index in [9.17, 15) is 9.36 Å². The highest BCUT2D eigenvalue weighted by Crippen LogP contribution is 2.46. The lowest BCUT2D eigenvalue weighted by Crippen LogP contribution is -2.19. The van der Waals surface area contributed by atoms with Gasteiger partial charge in [0.25, 0.3) is 0 Å². The van der Waals surface area contributed by atoms with Gasteiger partial charge >= 0.3 is 7.60 Å². The molecule has 0 N–H and O–H groups in total. The topological polar surface area (TPSA) is 52.6 Å². The fourth-order valence-electron chi connectivity index (χ4n) is 1.04. The molecule has 0 rings (SSSR count). The SMILES string of the molecule is CCCCC(Cl)C(=O)CP(=O)(OC)OC. The van der Waals surface area contributed by atoms with Crippen molar-refractivity contribution in [2.75, 3.05) is 20.4 Å². The van der Waals surface area contributed by atoms with Gasteiger partial charge in [-0.15, -0.1) is 11.6 Å². The number of unbranched alkanes of at least 4 members (excludes halogenated alkanes) is 1. The van der Waals surface area contributed by atoms with Crippen molar-refractivity contribution >= 4 is 25.0 Å². The zero-order chi connectivity index (χ0) is 11.9. The molecule has 0 amide bonds. The molecule has 0 aromatic rings. The lowest BCUT2D eigenvalue weighted by atomic mass is 10.1. The van der Waals surface area contributed by atoms with E-state index in [4.69, 9.17) is 11.6 Å². The zero-order valence-electron chi connectivity index (χ0n) is 9.36. The van der Waals surface area contributed by atoms with Gasteiger partial charge in [0.2, 0.25) is 0 Å². The van der Waals surface area contributed by atoms with Crippen molar-refractivity contribution in [3.8, 4) is 0 Å². The van der Waals surface area contributed by atoms with Gasteiger partial charge in [0.05, 0.1) is 5.38 Å². The fraction of sp³-hybridized carbons (Fsp3) is 0.889. The molecule has 90 valence electrons. The standard InChI is InChI=1S/C9H18ClO4P/c1-4-5-6-8(10)9(11)7-15(12,13-2)14-3/h8H,4-7H2,1-3H3. The summed E-state index contributed by atoms with van der Waals surface area (Å²) < 4.78 is 20.9. The monoisotopic (exact) mass is 256 g/mol. The number of carbonyl (C=O) groups excluding carboxylic acids is 1. The summed E-state index contributed by atoms with van der Waals surface area (Å²) in [6.45, 7) is 2.02. The Morgan fingerprint density at radius 3 is 2.33 bits per heavy atom. The highest BCUT2D eigenvalue weighted by atomic mass is 35.5. The van der Waals surface area contributed by atoms with Crippen molar-refractivity contribution in [3.05, 3.63) is 0 Å². The van der Waals surface area contributed by atoms with Crippen molar-refractivity contribution in [1.29, 1.82) is 0 Å². The highest BCUT2D eigenvalue weighted by Gasteiger charge is 2.28. The molecular formula is C9H18ClO4P. The Hall–Kier alpha value is 0.110. The summed E-state index contributed by atoms with van der Waals surface area (Å²) in [6.07, 6.45) is 2.20. The number of hydrogen-bond acceptors (Lipinski definition) is 4. The third kappa shape index (κ3) is 5.67. The van der Waals surface area contributed by atoms with Crippen molar-refractivity contribution in [2.45, 2.75) is 31.6 Å². The van der Waals surface area contributed by atoms with E-state index in [0.717, 1.165) is 12.8 Å². The van der Waals surface area contributed by atoms with Gasteiger partial charge in [0, 0.05) is 14.2 Å². The first-order valence-corrected chi connectivity index (χ1v) is 7.02. The Morgan fingerprint density at radius 2 is 1.93 bits per heavy atom. The Bertz CT molecular complexity index is 236. The van der Waals surface area contributed by atoms with Crippen LogP contribution in [-0.2, 0) is 18.4 Å². The van der Waals surface area contributed by atoms with Gasteiger partial charge in [-0.25, -0.2) is 0 Å². The van der Waals surface area contributed by atoms with Crippen molar-refractivity contribution in [2.24, 2.45) is 0 Å². The molecule has 0 heterocycles. The summed E-state index contributed by atoms with van der Waals surface area (Å²) in [4.78, 5) is 11.5. The van der Waals surface area contributed by atoms with E-state index in [2.05, 4.69) is 9.05 Å². The molecule has 0 saturated heterocycles. The number of ketones is 1. The predicted molar refractivity (Wildman–Crippen MR) is 60.7 cm³/mol. The van der Waals surface area contributed by atoms with E-state index in [1.54, 1.807) is 0 Å². The minimum absolute atomic E-state index is 0.252. The summed E-state index contributed by atoms with van der Waals surface area (Å²) in [6, 6.07) is 0. The van der Waals surface area contributed by atoms with Crippen LogP contribution in [0.25, 0.3) is 0 Å². The maximum Gasteiger partial charge on any atom is 0.337 e. The van der Waals surface area contributed by atoms with Crippen LogP contribution in [0.2, 0.25) is 0 Å². The van der Waals surface area contributed by atoms with E-state index in [1.807, 2.05) is 6.92 Å². The van der Waals surface area contributed by atoms with Crippen LogP contribution in [0, 0.1) is 0 Å². The lowest BCUT2D eigenvalue weighted by Gasteiger charge is -2.14. The Balaban J connectivity index is 4.17. The molecule has 0 aromatic heterocycles. The number of Topliss-reactive ketones (excluding diaryl/α,β-unsaturated/α-hetero) is 1. The molecule has 1 unspecified atom stereocenters. The average molecular weight is 257 g/mol. The van der Waals surface area contributed by atoms with Crippen molar-refractivity contribution < 1.29 is 18.4 Å². The van der Waals surface area contributed by atoms with Crippen LogP contribution < -0.4 is 0 Å². The second kappa shape index (κ2) is 7.39. The molecule has 0 aliphatic carbocycles. The van der Waals surface area contributed by atoms with E-state index in [-0.39, 0.29) is 11.9 Å². The lowest BCUT2D eigenvalue weighted by molar-refractivity contribution is -0.116. The van der Waals surface area contributed by atoms with Crippen molar-refractivity contribution in [3.63, 3.8) is 0 Å². The Kier molecular flexibility index (Phi) is 7.45. The summed E-state index contributed by atoms with van der Waals surface area (Å²) in [5.74, 6) is -0.280. The van der Waals surface area contributed by atoms with Gasteiger partial charge in [-0.3, -0.25) is 9.36 Å². The first-order chi connectivity index (χ1) is 6.99. The van der Waals surface area contributed by atoms with Gasteiger partial charge in [0.15, 0.2) is 5.78 Å². The van der Waals surface area contributed by atoms with Crippen LogP contribution in [-0.4, -0.2) is 31.5 Å². The zero-order valence-corrected chi connectivity index (χ0v) is 11.0. The normalized spacial score (nSPS) is 13.9. The highest BCUT2D eigenvalue weighted by molar-refractivity contribution is 7.54. The molecule has 15 heavy (non-hydrogen) atoms. The molecule has 6 heteroatoms. The number of carbonyl (C=O) groups is 1. The van der Waals surface area contributed by atoms with E-state index >= 15 is 0 Å². The molecule has 0 bridgehead atoms. The molecule has 0 saturated carbocycles. The molecule has 1 atom stereocenters. The van der Waals surface area contributed by atoms with Gasteiger partial charge in [-0.1, -0.05) is 19.8 Å². The summed E-state index contributed by atoms with van der Waals surface area (Å²) >= 11 is 5.85. The molecule has 0 spiro atoms. The van der Waals surface area contributed by atoms with E-state index < -0.39 is 13.0 Å². The number of halogens is 1. The van der Waals surface area contributed by atoms with Crippen LogP contribution in [0.1, 0.15) is 26.2 Å². The van der Waals surface area contributed by atoms with Gasteiger partial charge in [0.1, 0.15) is 6.16 Å².